The number of carboxylic acids is 1. The van der Waals surface area contributed by atoms with E-state index in [0.717, 1.165) is 34.2 Å². The van der Waals surface area contributed by atoms with Crippen LogP contribution in [0.4, 0.5) is 0 Å². The Labute approximate surface area is 127 Å². The molecule has 5 heteroatoms. The molecule has 20 heavy (non-hydrogen) atoms. The highest BCUT2D eigenvalue weighted by Gasteiger charge is 2.24. The SMILES string of the molecule is COc1c(Br)cc(C(N)CC(=O)O)cc1C1CCCC1. The minimum Gasteiger partial charge on any atom is -0.495 e. The molecule has 1 aromatic rings. The molecule has 1 aromatic carbocycles. The van der Waals surface area contributed by atoms with Gasteiger partial charge in [-0.2, -0.15) is 0 Å². The van der Waals surface area contributed by atoms with E-state index < -0.39 is 12.0 Å². The molecule has 0 spiro atoms. The fourth-order valence-electron chi connectivity index (χ4n) is 2.91. The van der Waals surface area contributed by atoms with Crippen molar-refractivity contribution in [1.29, 1.82) is 0 Å². The standard InChI is InChI=1S/C15H20BrNO3/c1-20-15-11(9-4-2-3-5-9)6-10(7-12(15)16)13(17)8-14(18)19/h6-7,9,13H,2-5,8,17H2,1H3,(H,18,19). The molecule has 110 valence electrons. The van der Waals surface area contributed by atoms with Crippen molar-refractivity contribution in [2.24, 2.45) is 5.73 Å². The van der Waals surface area contributed by atoms with Gasteiger partial charge >= 0.3 is 5.97 Å². The first-order chi connectivity index (χ1) is 9.52. The van der Waals surface area contributed by atoms with E-state index in [1.54, 1.807) is 7.11 Å². The first-order valence-corrected chi connectivity index (χ1v) is 7.67. The molecule has 0 saturated heterocycles. The number of hydrogen-bond acceptors (Lipinski definition) is 3. The average molecular weight is 342 g/mol. The van der Waals surface area contributed by atoms with Crippen LogP contribution in [-0.4, -0.2) is 18.2 Å². The summed E-state index contributed by atoms with van der Waals surface area (Å²) >= 11 is 3.51. The van der Waals surface area contributed by atoms with E-state index in [4.69, 9.17) is 15.6 Å². The van der Waals surface area contributed by atoms with Gasteiger partial charge in [-0.05, 0) is 51.9 Å². The summed E-state index contributed by atoms with van der Waals surface area (Å²) in [6, 6.07) is 3.40. The Balaban J connectivity index is 2.37. The fourth-order valence-corrected chi connectivity index (χ4v) is 3.57. The van der Waals surface area contributed by atoms with Gasteiger partial charge in [-0.15, -0.1) is 0 Å². The highest BCUT2D eigenvalue weighted by molar-refractivity contribution is 9.10. The number of carbonyl (C=O) groups is 1. The van der Waals surface area contributed by atoms with Crippen LogP contribution >= 0.6 is 15.9 Å². The number of rotatable bonds is 5. The summed E-state index contributed by atoms with van der Waals surface area (Å²) in [7, 11) is 1.66. The van der Waals surface area contributed by atoms with Crippen LogP contribution in [0.1, 0.15) is 55.2 Å². The summed E-state index contributed by atoms with van der Waals surface area (Å²) in [5, 5.41) is 8.88. The summed E-state index contributed by atoms with van der Waals surface area (Å²) in [4.78, 5) is 10.8. The lowest BCUT2D eigenvalue weighted by Crippen LogP contribution is -2.15. The van der Waals surface area contributed by atoms with Crippen molar-refractivity contribution in [2.45, 2.75) is 44.1 Å². The van der Waals surface area contributed by atoms with Crippen molar-refractivity contribution in [2.75, 3.05) is 7.11 Å². The smallest absolute Gasteiger partial charge is 0.305 e. The summed E-state index contributed by atoms with van der Waals surface area (Å²) in [5.41, 5.74) is 7.98. The number of hydrogen-bond donors (Lipinski definition) is 2. The second kappa shape index (κ2) is 6.59. The van der Waals surface area contributed by atoms with E-state index >= 15 is 0 Å². The summed E-state index contributed by atoms with van der Waals surface area (Å²) in [5.74, 6) is 0.452. The number of ether oxygens (including phenoxy) is 1. The molecule has 0 heterocycles. The Bertz CT molecular complexity index is 498. The van der Waals surface area contributed by atoms with Crippen LogP contribution in [0.5, 0.6) is 5.75 Å². The third-order valence-corrected chi connectivity index (χ3v) is 4.51. The summed E-state index contributed by atoms with van der Waals surface area (Å²) in [6.45, 7) is 0. The number of halogens is 1. The molecule has 0 bridgehead atoms. The van der Waals surface area contributed by atoms with Gasteiger partial charge in [-0.3, -0.25) is 4.79 Å². The molecule has 1 aliphatic rings. The van der Waals surface area contributed by atoms with Gasteiger partial charge in [0, 0.05) is 6.04 Å². The van der Waals surface area contributed by atoms with Crippen LogP contribution in [0.25, 0.3) is 0 Å². The highest BCUT2D eigenvalue weighted by atomic mass is 79.9. The second-order valence-electron chi connectivity index (χ2n) is 5.31. The molecule has 0 aromatic heterocycles. The van der Waals surface area contributed by atoms with E-state index in [2.05, 4.69) is 15.9 Å². The maximum absolute atomic E-state index is 10.8. The van der Waals surface area contributed by atoms with E-state index in [1.165, 1.54) is 12.8 Å². The van der Waals surface area contributed by atoms with Gasteiger partial charge in [0.2, 0.25) is 0 Å². The molecule has 3 N–H and O–H groups in total. The lowest BCUT2D eigenvalue weighted by Gasteiger charge is -2.19. The molecular weight excluding hydrogens is 322 g/mol. The summed E-state index contributed by atoms with van der Waals surface area (Å²) in [6.07, 6.45) is 4.71. The van der Waals surface area contributed by atoms with Crippen molar-refractivity contribution in [1.82, 2.24) is 0 Å². The predicted molar refractivity (Wildman–Crippen MR) is 81.1 cm³/mol. The van der Waals surface area contributed by atoms with Crippen molar-refractivity contribution in [3.05, 3.63) is 27.7 Å². The van der Waals surface area contributed by atoms with Crippen molar-refractivity contribution in [3.63, 3.8) is 0 Å². The van der Waals surface area contributed by atoms with Gasteiger partial charge in [0.15, 0.2) is 0 Å². The van der Waals surface area contributed by atoms with Gasteiger partial charge in [-0.1, -0.05) is 18.9 Å². The molecule has 0 radical (unpaired) electrons. The lowest BCUT2D eigenvalue weighted by atomic mass is 9.92. The van der Waals surface area contributed by atoms with E-state index in [-0.39, 0.29) is 6.42 Å². The van der Waals surface area contributed by atoms with E-state index in [1.807, 2.05) is 12.1 Å². The molecule has 1 saturated carbocycles. The highest BCUT2D eigenvalue weighted by Crippen LogP contribution is 2.43. The van der Waals surface area contributed by atoms with Crippen LogP contribution in [0.2, 0.25) is 0 Å². The zero-order valence-electron chi connectivity index (χ0n) is 11.6. The van der Waals surface area contributed by atoms with Crippen molar-refractivity contribution >= 4 is 21.9 Å². The normalized spacial score (nSPS) is 17.1. The Morgan fingerprint density at radius 3 is 2.70 bits per heavy atom. The first kappa shape index (κ1) is 15.3. The molecule has 0 aliphatic heterocycles. The fraction of sp³-hybridized carbons (Fsp3) is 0.533. The number of carboxylic acid groups (broad SMARTS) is 1. The van der Waals surface area contributed by atoms with Crippen LogP contribution < -0.4 is 10.5 Å². The Morgan fingerprint density at radius 1 is 1.50 bits per heavy atom. The minimum atomic E-state index is -0.883. The number of aliphatic carboxylic acids is 1. The second-order valence-corrected chi connectivity index (χ2v) is 6.17. The minimum absolute atomic E-state index is 0.0666. The molecule has 1 atom stereocenters. The molecule has 1 aliphatic carbocycles. The number of nitrogens with two attached hydrogens (primary N) is 1. The van der Waals surface area contributed by atoms with Crippen LogP contribution in [0.15, 0.2) is 16.6 Å². The van der Waals surface area contributed by atoms with Gasteiger partial charge in [0.1, 0.15) is 5.75 Å². The van der Waals surface area contributed by atoms with Crippen molar-refractivity contribution < 1.29 is 14.6 Å². The third kappa shape index (κ3) is 3.33. The average Bonchev–Trinajstić information content (AvgIpc) is 2.90. The Kier molecular flexibility index (Phi) is 5.05. The van der Waals surface area contributed by atoms with Gasteiger partial charge in [-0.25, -0.2) is 0 Å². The van der Waals surface area contributed by atoms with Gasteiger partial charge in [0.05, 0.1) is 18.0 Å². The number of methoxy groups -OCH3 is 1. The van der Waals surface area contributed by atoms with Gasteiger partial charge < -0.3 is 15.6 Å². The predicted octanol–water partition coefficient (Wildman–Crippen LogP) is 3.59. The topological polar surface area (TPSA) is 72.5 Å². The maximum Gasteiger partial charge on any atom is 0.305 e. The quantitative estimate of drug-likeness (QED) is 0.858. The summed E-state index contributed by atoms with van der Waals surface area (Å²) < 4.78 is 6.35. The number of benzene rings is 1. The molecule has 1 fully saturated rings. The molecule has 2 rings (SSSR count). The zero-order chi connectivity index (χ0) is 14.7. The Morgan fingerprint density at radius 2 is 2.15 bits per heavy atom. The molecular formula is C15H20BrNO3. The monoisotopic (exact) mass is 341 g/mol. The first-order valence-electron chi connectivity index (χ1n) is 6.87. The largest absolute Gasteiger partial charge is 0.495 e. The lowest BCUT2D eigenvalue weighted by molar-refractivity contribution is -0.137. The molecule has 4 nitrogen and oxygen atoms in total. The maximum atomic E-state index is 10.8. The Hall–Kier alpha value is -1.07. The van der Waals surface area contributed by atoms with Crippen LogP contribution in [-0.2, 0) is 4.79 Å². The molecule has 0 amide bonds. The molecule has 1 unspecified atom stereocenters. The third-order valence-electron chi connectivity index (χ3n) is 3.92. The van der Waals surface area contributed by atoms with Crippen molar-refractivity contribution in [3.8, 4) is 5.75 Å². The zero-order valence-corrected chi connectivity index (χ0v) is 13.1. The van der Waals surface area contributed by atoms with Crippen LogP contribution in [0, 0.1) is 0 Å². The van der Waals surface area contributed by atoms with E-state index in [9.17, 15) is 4.79 Å². The van der Waals surface area contributed by atoms with E-state index in [0.29, 0.717) is 5.92 Å². The van der Waals surface area contributed by atoms with Crippen LogP contribution in [0.3, 0.4) is 0 Å². The van der Waals surface area contributed by atoms with Gasteiger partial charge in [0.25, 0.3) is 0 Å².